The van der Waals surface area contributed by atoms with Gasteiger partial charge in [0.2, 0.25) is 5.91 Å². The van der Waals surface area contributed by atoms with Crippen molar-refractivity contribution in [3.63, 3.8) is 0 Å². The SMILES string of the molecule is COCCNC(=O)[C@@H](C)n1c2ccccc2c2cnn(C)c(=O)c21. The molecular weight excluding hydrogens is 308 g/mol. The Kier molecular flexibility index (Phi) is 4.35. The summed E-state index contributed by atoms with van der Waals surface area (Å²) in [5, 5.41) is 8.60. The fourth-order valence-electron chi connectivity index (χ4n) is 2.93. The molecule has 126 valence electrons. The van der Waals surface area contributed by atoms with Crippen LogP contribution in [0.1, 0.15) is 13.0 Å². The number of rotatable bonds is 5. The Balaban J connectivity index is 2.19. The van der Waals surface area contributed by atoms with Crippen molar-refractivity contribution in [1.29, 1.82) is 0 Å². The van der Waals surface area contributed by atoms with Gasteiger partial charge in [0.15, 0.2) is 0 Å². The molecule has 0 unspecified atom stereocenters. The van der Waals surface area contributed by atoms with Gasteiger partial charge in [0.25, 0.3) is 5.56 Å². The Morgan fingerprint density at radius 2 is 2.08 bits per heavy atom. The van der Waals surface area contributed by atoms with E-state index >= 15 is 0 Å². The zero-order chi connectivity index (χ0) is 17.3. The number of hydrogen-bond acceptors (Lipinski definition) is 4. The average Bonchev–Trinajstić information content (AvgIpc) is 2.92. The Bertz CT molecular complexity index is 958. The fourth-order valence-corrected chi connectivity index (χ4v) is 2.93. The molecule has 0 radical (unpaired) electrons. The monoisotopic (exact) mass is 328 g/mol. The zero-order valence-electron chi connectivity index (χ0n) is 13.9. The van der Waals surface area contributed by atoms with Crippen LogP contribution >= 0.6 is 0 Å². The maximum atomic E-state index is 12.6. The Hall–Kier alpha value is -2.67. The summed E-state index contributed by atoms with van der Waals surface area (Å²) >= 11 is 0. The summed E-state index contributed by atoms with van der Waals surface area (Å²) in [5.74, 6) is -0.159. The first kappa shape index (κ1) is 16.2. The number of aromatic nitrogens is 3. The van der Waals surface area contributed by atoms with Crippen LogP contribution < -0.4 is 10.9 Å². The normalized spacial score (nSPS) is 12.6. The highest BCUT2D eigenvalue weighted by Crippen LogP contribution is 2.29. The minimum Gasteiger partial charge on any atom is -0.383 e. The highest BCUT2D eigenvalue weighted by molar-refractivity contribution is 6.08. The third kappa shape index (κ3) is 2.56. The molecule has 3 aromatic rings. The van der Waals surface area contributed by atoms with Gasteiger partial charge in [-0.1, -0.05) is 18.2 Å². The summed E-state index contributed by atoms with van der Waals surface area (Å²) in [5.41, 5.74) is 1.11. The van der Waals surface area contributed by atoms with Crippen LogP contribution in [0.2, 0.25) is 0 Å². The van der Waals surface area contributed by atoms with Crippen molar-refractivity contribution >= 4 is 27.7 Å². The van der Waals surface area contributed by atoms with Gasteiger partial charge in [0, 0.05) is 31.5 Å². The average molecular weight is 328 g/mol. The van der Waals surface area contributed by atoms with E-state index in [0.29, 0.717) is 18.7 Å². The molecule has 2 aromatic heterocycles. The van der Waals surface area contributed by atoms with Crippen LogP contribution in [-0.2, 0) is 16.6 Å². The minimum absolute atomic E-state index is 0.159. The molecule has 0 fully saturated rings. The summed E-state index contributed by atoms with van der Waals surface area (Å²) in [7, 11) is 3.19. The maximum Gasteiger partial charge on any atom is 0.291 e. The van der Waals surface area contributed by atoms with Crippen LogP contribution in [0, 0.1) is 0 Å². The summed E-state index contributed by atoms with van der Waals surface area (Å²) in [4.78, 5) is 25.1. The number of aryl methyl sites for hydroxylation is 1. The first-order chi connectivity index (χ1) is 11.6. The second-order valence-electron chi connectivity index (χ2n) is 5.68. The lowest BCUT2D eigenvalue weighted by molar-refractivity contribution is -0.123. The number of benzene rings is 1. The number of methoxy groups -OCH3 is 1. The second-order valence-corrected chi connectivity index (χ2v) is 5.68. The van der Waals surface area contributed by atoms with Crippen LogP contribution in [0.25, 0.3) is 21.8 Å². The number of amides is 1. The van der Waals surface area contributed by atoms with E-state index in [1.807, 2.05) is 24.3 Å². The van der Waals surface area contributed by atoms with Gasteiger partial charge in [0.05, 0.1) is 18.3 Å². The Morgan fingerprint density at radius 1 is 1.33 bits per heavy atom. The smallest absolute Gasteiger partial charge is 0.291 e. The van der Waals surface area contributed by atoms with Crippen molar-refractivity contribution in [2.24, 2.45) is 7.05 Å². The van der Waals surface area contributed by atoms with E-state index in [0.717, 1.165) is 16.3 Å². The van der Waals surface area contributed by atoms with Crippen LogP contribution in [0.3, 0.4) is 0 Å². The number of hydrogen-bond donors (Lipinski definition) is 1. The van der Waals surface area contributed by atoms with Crippen molar-refractivity contribution in [3.05, 3.63) is 40.8 Å². The zero-order valence-corrected chi connectivity index (χ0v) is 13.9. The molecule has 0 saturated carbocycles. The third-order valence-corrected chi connectivity index (χ3v) is 4.18. The molecule has 0 aliphatic rings. The summed E-state index contributed by atoms with van der Waals surface area (Å²) in [6.07, 6.45) is 1.67. The van der Waals surface area contributed by atoms with Crippen molar-refractivity contribution in [3.8, 4) is 0 Å². The van der Waals surface area contributed by atoms with Gasteiger partial charge >= 0.3 is 0 Å². The first-order valence-electron chi connectivity index (χ1n) is 7.78. The quantitative estimate of drug-likeness (QED) is 0.714. The lowest BCUT2D eigenvalue weighted by Crippen LogP contribution is -2.34. The van der Waals surface area contributed by atoms with E-state index < -0.39 is 6.04 Å². The van der Waals surface area contributed by atoms with Gasteiger partial charge in [0.1, 0.15) is 11.6 Å². The van der Waals surface area contributed by atoms with Crippen LogP contribution in [0.5, 0.6) is 0 Å². The van der Waals surface area contributed by atoms with Crippen molar-refractivity contribution in [1.82, 2.24) is 19.7 Å². The molecule has 1 aromatic carbocycles. The molecule has 3 rings (SSSR count). The number of para-hydroxylation sites is 1. The minimum atomic E-state index is -0.528. The number of ether oxygens (including phenoxy) is 1. The van der Waals surface area contributed by atoms with Gasteiger partial charge in [-0.05, 0) is 13.0 Å². The lowest BCUT2D eigenvalue weighted by atomic mass is 10.2. The molecule has 0 aliphatic heterocycles. The Morgan fingerprint density at radius 3 is 2.83 bits per heavy atom. The lowest BCUT2D eigenvalue weighted by Gasteiger charge is -2.16. The summed E-state index contributed by atoms with van der Waals surface area (Å²) in [6, 6.07) is 7.12. The molecule has 0 spiro atoms. The molecule has 7 nitrogen and oxygen atoms in total. The molecule has 24 heavy (non-hydrogen) atoms. The number of carbonyl (C=O) groups excluding carboxylic acids is 1. The van der Waals surface area contributed by atoms with Crippen LogP contribution in [0.4, 0.5) is 0 Å². The molecule has 7 heteroatoms. The standard InChI is InChI=1S/C17H20N4O3/c1-11(16(22)18-8-9-24-3)21-14-7-5-4-6-12(14)13-10-19-20(2)17(23)15(13)21/h4-7,10-11H,8-9H2,1-3H3,(H,18,22)/t11-/m1/s1. The van der Waals surface area contributed by atoms with Gasteiger partial charge in [-0.2, -0.15) is 5.10 Å². The highest BCUT2D eigenvalue weighted by Gasteiger charge is 2.22. The summed E-state index contributed by atoms with van der Waals surface area (Å²) < 4.78 is 8.03. The van der Waals surface area contributed by atoms with Crippen molar-refractivity contribution in [2.75, 3.05) is 20.3 Å². The summed E-state index contributed by atoms with van der Waals surface area (Å²) in [6.45, 7) is 2.65. The number of nitrogens with zero attached hydrogens (tertiary/aromatic N) is 3. The molecule has 1 amide bonds. The van der Waals surface area contributed by atoms with E-state index in [1.54, 1.807) is 31.8 Å². The van der Waals surface area contributed by atoms with E-state index in [-0.39, 0.29) is 11.5 Å². The largest absolute Gasteiger partial charge is 0.383 e. The van der Waals surface area contributed by atoms with Crippen molar-refractivity contribution < 1.29 is 9.53 Å². The van der Waals surface area contributed by atoms with Crippen molar-refractivity contribution in [2.45, 2.75) is 13.0 Å². The molecule has 1 N–H and O–H groups in total. The van der Waals surface area contributed by atoms with E-state index in [4.69, 9.17) is 4.74 Å². The number of nitrogens with one attached hydrogen (secondary N) is 1. The van der Waals surface area contributed by atoms with Gasteiger partial charge in [-0.3, -0.25) is 9.59 Å². The van der Waals surface area contributed by atoms with Crippen LogP contribution in [0.15, 0.2) is 35.3 Å². The molecular formula is C17H20N4O3. The van der Waals surface area contributed by atoms with Gasteiger partial charge in [-0.25, -0.2) is 4.68 Å². The molecule has 0 aliphatic carbocycles. The second kappa shape index (κ2) is 6.45. The van der Waals surface area contributed by atoms with Gasteiger partial charge < -0.3 is 14.6 Å². The molecule has 0 bridgehead atoms. The maximum absolute atomic E-state index is 12.6. The predicted octanol–water partition coefficient (Wildman–Crippen LogP) is 1.21. The number of carbonyl (C=O) groups is 1. The molecule has 2 heterocycles. The number of fused-ring (bicyclic) bond motifs is 3. The van der Waals surface area contributed by atoms with Gasteiger partial charge in [-0.15, -0.1) is 0 Å². The van der Waals surface area contributed by atoms with Crippen LogP contribution in [-0.4, -0.2) is 40.5 Å². The van der Waals surface area contributed by atoms with E-state index in [1.165, 1.54) is 4.68 Å². The van der Waals surface area contributed by atoms with E-state index in [2.05, 4.69) is 10.4 Å². The molecule has 1 atom stereocenters. The Labute approximate surface area is 138 Å². The third-order valence-electron chi connectivity index (χ3n) is 4.18. The highest BCUT2D eigenvalue weighted by atomic mass is 16.5. The predicted molar refractivity (Wildman–Crippen MR) is 92.1 cm³/mol. The molecule has 0 saturated heterocycles. The van der Waals surface area contributed by atoms with E-state index in [9.17, 15) is 9.59 Å². The first-order valence-corrected chi connectivity index (χ1v) is 7.78. The fraction of sp³-hybridized carbons (Fsp3) is 0.353. The topological polar surface area (TPSA) is 78.2 Å².